The quantitative estimate of drug-likeness (QED) is 0.377. The van der Waals surface area contributed by atoms with Gasteiger partial charge in [0.1, 0.15) is 18.1 Å². The normalized spacial score (nSPS) is 11.8. The van der Waals surface area contributed by atoms with Crippen LogP contribution in [0, 0.1) is 6.92 Å². The van der Waals surface area contributed by atoms with Crippen LogP contribution in [0.3, 0.4) is 0 Å². The first-order valence-corrected chi connectivity index (χ1v) is 11.6. The van der Waals surface area contributed by atoms with E-state index >= 15 is 0 Å². The maximum atomic E-state index is 12.9. The fraction of sp³-hybridized carbons (Fsp3) is 0.208. The molecule has 2 aromatic carbocycles. The molecule has 4 rings (SSSR count). The van der Waals surface area contributed by atoms with E-state index < -0.39 is 6.10 Å². The fourth-order valence-electron chi connectivity index (χ4n) is 3.21. The number of para-hydroxylation sites is 1. The fourth-order valence-corrected chi connectivity index (χ4v) is 4.23. The van der Waals surface area contributed by atoms with Gasteiger partial charge >= 0.3 is 0 Å². The predicted octanol–water partition coefficient (Wildman–Crippen LogP) is 5.09. The number of carbonyl (C=O) groups excluding carboxylic acids is 1. The summed E-state index contributed by atoms with van der Waals surface area (Å²) >= 11 is 7.59. The SMILES string of the molecule is CC[C@H](Oc1ccccc1)C(=O)Nc1cc(Cl)ccc1OCc1cc(=O)n2cc(C)sc2n1. The number of amides is 1. The number of nitrogens with one attached hydrogen (secondary N) is 1. The van der Waals surface area contributed by atoms with E-state index in [9.17, 15) is 9.59 Å². The van der Waals surface area contributed by atoms with Gasteiger partial charge in [-0.05, 0) is 43.7 Å². The van der Waals surface area contributed by atoms with E-state index in [0.29, 0.717) is 39.3 Å². The molecular formula is C24H22ClN3O4S. The van der Waals surface area contributed by atoms with Crippen LogP contribution in [0.25, 0.3) is 4.96 Å². The molecule has 0 aliphatic carbocycles. The zero-order valence-corrected chi connectivity index (χ0v) is 19.7. The molecule has 4 aromatic rings. The van der Waals surface area contributed by atoms with E-state index in [1.807, 2.05) is 32.0 Å². The van der Waals surface area contributed by atoms with Gasteiger partial charge in [-0.1, -0.05) is 36.7 Å². The summed E-state index contributed by atoms with van der Waals surface area (Å²) in [7, 11) is 0. The Bertz CT molecular complexity index is 1340. The van der Waals surface area contributed by atoms with Crippen molar-refractivity contribution in [2.75, 3.05) is 5.32 Å². The number of aryl methyl sites for hydroxylation is 1. The number of benzene rings is 2. The molecule has 0 radical (unpaired) electrons. The zero-order valence-electron chi connectivity index (χ0n) is 18.1. The van der Waals surface area contributed by atoms with Gasteiger partial charge in [-0.25, -0.2) is 4.98 Å². The minimum atomic E-state index is -0.689. The molecular weight excluding hydrogens is 462 g/mol. The van der Waals surface area contributed by atoms with E-state index in [1.165, 1.54) is 21.8 Å². The number of ether oxygens (including phenoxy) is 2. The van der Waals surface area contributed by atoms with Gasteiger partial charge in [-0.3, -0.25) is 14.0 Å². The van der Waals surface area contributed by atoms with Crippen LogP contribution in [-0.4, -0.2) is 21.4 Å². The highest BCUT2D eigenvalue weighted by Gasteiger charge is 2.20. The van der Waals surface area contributed by atoms with Crippen LogP contribution in [0.15, 0.2) is 65.6 Å². The summed E-state index contributed by atoms with van der Waals surface area (Å²) in [6, 6.07) is 15.5. The average molecular weight is 484 g/mol. The lowest BCUT2D eigenvalue weighted by Crippen LogP contribution is -2.32. The number of anilines is 1. The first kappa shape index (κ1) is 22.8. The maximum Gasteiger partial charge on any atom is 0.265 e. The molecule has 9 heteroatoms. The van der Waals surface area contributed by atoms with Crippen molar-refractivity contribution in [3.05, 3.63) is 86.7 Å². The Kier molecular flexibility index (Phi) is 6.96. The van der Waals surface area contributed by atoms with E-state index in [0.717, 1.165) is 4.88 Å². The highest BCUT2D eigenvalue weighted by atomic mass is 35.5. The topological polar surface area (TPSA) is 81.9 Å². The molecule has 1 amide bonds. The van der Waals surface area contributed by atoms with Crippen LogP contribution in [0.2, 0.25) is 5.02 Å². The third-order valence-electron chi connectivity index (χ3n) is 4.80. The third-order valence-corrected chi connectivity index (χ3v) is 5.93. The summed E-state index contributed by atoms with van der Waals surface area (Å²) in [5.41, 5.74) is 0.733. The zero-order chi connectivity index (χ0) is 23.4. The van der Waals surface area contributed by atoms with Gasteiger partial charge in [0.15, 0.2) is 11.1 Å². The monoisotopic (exact) mass is 483 g/mol. The van der Waals surface area contributed by atoms with Crippen LogP contribution in [0.4, 0.5) is 5.69 Å². The summed E-state index contributed by atoms with van der Waals surface area (Å²) in [6.07, 6.45) is 1.55. The minimum Gasteiger partial charge on any atom is -0.485 e. The lowest BCUT2D eigenvalue weighted by molar-refractivity contribution is -0.122. The molecule has 33 heavy (non-hydrogen) atoms. The summed E-state index contributed by atoms with van der Waals surface area (Å²) < 4.78 is 13.2. The number of nitrogens with zero attached hydrogens (tertiary/aromatic N) is 2. The second-order valence-electron chi connectivity index (χ2n) is 7.33. The summed E-state index contributed by atoms with van der Waals surface area (Å²) in [5, 5.41) is 3.29. The predicted molar refractivity (Wildman–Crippen MR) is 130 cm³/mol. The van der Waals surface area contributed by atoms with E-state index in [4.69, 9.17) is 21.1 Å². The van der Waals surface area contributed by atoms with Crippen molar-refractivity contribution in [3.8, 4) is 11.5 Å². The molecule has 1 atom stereocenters. The molecule has 0 unspecified atom stereocenters. The molecule has 0 fully saturated rings. The number of hydrogen-bond acceptors (Lipinski definition) is 6. The van der Waals surface area contributed by atoms with Crippen molar-refractivity contribution in [1.82, 2.24) is 9.38 Å². The number of fused-ring (bicyclic) bond motifs is 1. The van der Waals surface area contributed by atoms with Crippen LogP contribution >= 0.6 is 22.9 Å². The van der Waals surface area contributed by atoms with Crippen molar-refractivity contribution >= 4 is 39.5 Å². The average Bonchev–Trinajstić information content (AvgIpc) is 3.18. The second kappa shape index (κ2) is 10.1. The van der Waals surface area contributed by atoms with Gasteiger partial charge in [0.2, 0.25) is 0 Å². The van der Waals surface area contributed by atoms with Gasteiger partial charge in [0, 0.05) is 22.2 Å². The van der Waals surface area contributed by atoms with Crippen molar-refractivity contribution in [2.45, 2.75) is 33.0 Å². The van der Waals surface area contributed by atoms with E-state index in [-0.39, 0.29) is 18.1 Å². The van der Waals surface area contributed by atoms with Crippen LogP contribution in [0.1, 0.15) is 23.9 Å². The maximum absolute atomic E-state index is 12.9. The number of aromatic nitrogens is 2. The Morgan fingerprint density at radius 2 is 2.00 bits per heavy atom. The number of hydrogen-bond donors (Lipinski definition) is 1. The Hall–Kier alpha value is -3.36. The molecule has 7 nitrogen and oxygen atoms in total. The Morgan fingerprint density at radius 3 is 2.76 bits per heavy atom. The number of carbonyl (C=O) groups is 1. The van der Waals surface area contributed by atoms with Gasteiger partial charge in [-0.2, -0.15) is 0 Å². The van der Waals surface area contributed by atoms with Crippen molar-refractivity contribution in [1.29, 1.82) is 0 Å². The molecule has 170 valence electrons. The Morgan fingerprint density at radius 1 is 1.21 bits per heavy atom. The Balaban J connectivity index is 1.50. The molecule has 0 aliphatic rings. The summed E-state index contributed by atoms with van der Waals surface area (Å²) in [6.45, 7) is 3.85. The van der Waals surface area contributed by atoms with Crippen molar-refractivity contribution < 1.29 is 14.3 Å². The van der Waals surface area contributed by atoms with Gasteiger partial charge in [0.25, 0.3) is 11.5 Å². The number of rotatable bonds is 8. The van der Waals surface area contributed by atoms with E-state index in [2.05, 4.69) is 10.3 Å². The molecule has 0 bridgehead atoms. The highest BCUT2D eigenvalue weighted by Crippen LogP contribution is 2.29. The largest absolute Gasteiger partial charge is 0.485 e. The standard InChI is InChI=1S/C24H22ClN3O4S/c1-3-20(32-18-7-5-4-6-8-18)23(30)27-19-11-16(25)9-10-21(19)31-14-17-12-22(29)28-13-15(2)33-24(28)26-17/h4-13,20H,3,14H2,1-2H3,(H,27,30)/t20-/m0/s1. The summed E-state index contributed by atoms with van der Waals surface area (Å²) in [5.74, 6) is 0.700. The molecule has 2 aromatic heterocycles. The third kappa shape index (κ3) is 5.53. The van der Waals surface area contributed by atoms with Crippen molar-refractivity contribution in [3.63, 3.8) is 0 Å². The molecule has 0 saturated carbocycles. The van der Waals surface area contributed by atoms with Gasteiger partial charge < -0.3 is 14.8 Å². The Labute approximate surface area is 199 Å². The second-order valence-corrected chi connectivity index (χ2v) is 8.98. The van der Waals surface area contributed by atoms with Crippen LogP contribution in [0.5, 0.6) is 11.5 Å². The van der Waals surface area contributed by atoms with Gasteiger partial charge in [-0.15, -0.1) is 11.3 Å². The summed E-state index contributed by atoms with van der Waals surface area (Å²) in [4.78, 5) is 31.3. The highest BCUT2D eigenvalue weighted by molar-refractivity contribution is 7.16. The lowest BCUT2D eigenvalue weighted by atomic mass is 10.2. The van der Waals surface area contributed by atoms with Crippen molar-refractivity contribution in [2.24, 2.45) is 0 Å². The smallest absolute Gasteiger partial charge is 0.265 e. The molecule has 0 aliphatic heterocycles. The number of thiazole rings is 1. The van der Waals surface area contributed by atoms with Gasteiger partial charge in [0.05, 0.1) is 11.4 Å². The molecule has 0 spiro atoms. The molecule has 1 N–H and O–H groups in total. The first-order chi connectivity index (χ1) is 15.9. The minimum absolute atomic E-state index is 0.0604. The lowest BCUT2D eigenvalue weighted by Gasteiger charge is -2.19. The molecule has 2 heterocycles. The number of halogens is 1. The van der Waals surface area contributed by atoms with Crippen LogP contribution < -0.4 is 20.3 Å². The van der Waals surface area contributed by atoms with E-state index in [1.54, 1.807) is 36.5 Å². The van der Waals surface area contributed by atoms with Crippen LogP contribution in [-0.2, 0) is 11.4 Å². The molecule has 0 saturated heterocycles. The first-order valence-electron chi connectivity index (χ1n) is 10.4.